The molecule has 1 fully saturated rings. The molecule has 2 aromatic rings. The fourth-order valence-corrected chi connectivity index (χ4v) is 3.43. The molecular weight excluding hydrogens is 406 g/mol. The summed E-state index contributed by atoms with van der Waals surface area (Å²) in [7, 11) is 1.00. The van der Waals surface area contributed by atoms with Gasteiger partial charge < -0.3 is 15.7 Å². The molecule has 0 saturated heterocycles. The summed E-state index contributed by atoms with van der Waals surface area (Å²) in [5, 5.41) is 18.4. The highest BCUT2D eigenvalue weighted by molar-refractivity contribution is 9.10. The van der Waals surface area contributed by atoms with Gasteiger partial charge in [-0.2, -0.15) is 9.61 Å². The van der Waals surface area contributed by atoms with Gasteiger partial charge in [-0.15, -0.1) is 0 Å². The molecule has 27 heavy (non-hydrogen) atoms. The molecule has 0 atom stereocenters. The molecule has 0 aromatic carbocycles. The molecule has 1 aliphatic carbocycles. The van der Waals surface area contributed by atoms with Crippen molar-refractivity contribution in [2.24, 2.45) is 0 Å². The minimum atomic E-state index is 0.500. The molecule has 0 amide bonds. The van der Waals surface area contributed by atoms with Crippen LogP contribution in [-0.2, 0) is 0 Å². The monoisotopic (exact) mass is 433 g/mol. The lowest BCUT2D eigenvalue weighted by atomic mass is 9.95. The molecular formula is C20H28BrN5O. The van der Waals surface area contributed by atoms with E-state index in [1.807, 2.05) is 31.2 Å². The van der Waals surface area contributed by atoms with E-state index in [4.69, 9.17) is 10.1 Å². The van der Waals surface area contributed by atoms with Gasteiger partial charge in [0.05, 0.1) is 10.7 Å². The molecule has 146 valence electrons. The number of fused-ring (bicyclic) bond motifs is 1. The SMILES string of the molecule is C=C/C=C\C(=C/C)Nc1cc(NC2CCCCC2)nc2c(Br)cnn12.CO. The van der Waals surface area contributed by atoms with E-state index in [2.05, 4.69) is 38.2 Å². The fraction of sp³-hybridized carbons (Fsp3) is 0.400. The van der Waals surface area contributed by atoms with Crippen LogP contribution >= 0.6 is 15.9 Å². The number of hydrogen-bond donors (Lipinski definition) is 3. The number of allylic oxidation sites excluding steroid dienone is 4. The summed E-state index contributed by atoms with van der Waals surface area (Å²) >= 11 is 3.54. The maximum atomic E-state index is 7.00. The Balaban J connectivity index is 0.00000126. The molecule has 1 aliphatic rings. The molecule has 6 nitrogen and oxygen atoms in total. The van der Waals surface area contributed by atoms with Gasteiger partial charge in [-0.3, -0.25) is 0 Å². The second-order valence-electron chi connectivity index (χ2n) is 6.20. The van der Waals surface area contributed by atoms with Gasteiger partial charge in [-0.05, 0) is 41.8 Å². The second kappa shape index (κ2) is 10.9. The summed E-state index contributed by atoms with van der Waals surface area (Å²) in [6, 6.07) is 2.52. The van der Waals surface area contributed by atoms with Crippen LogP contribution in [0.25, 0.3) is 5.65 Å². The third-order valence-electron chi connectivity index (χ3n) is 4.38. The van der Waals surface area contributed by atoms with Crippen LogP contribution in [-0.4, -0.2) is 32.9 Å². The van der Waals surface area contributed by atoms with E-state index in [9.17, 15) is 0 Å². The summed E-state index contributed by atoms with van der Waals surface area (Å²) in [5.41, 5.74) is 1.77. The van der Waals surface area contributed by atoms with Crippen LogP contribution < -0.4 is 10.6 Å². The summed E-state index contributed by atoms with van der Waals surface area (Å²) < 4.78 is 2.69. The number of aliphatic hydroxyl groups is 1. The molecule has 1 saturated carbocycles. The molecule has 7 heteroatoms. The van der Waals surface area contributed by atoms with Crippen LogP contribution in [0.15, 0.2) is 53.3 Å². The Kier molecular flexibility index (Phi) is 8.54. The number of rotatable bonds is 6. The Bertz CT molecular complexity index is 806. The molecule has 0 radical (unpaired) electrons. The standard InChI is InChI=1S/C19H24BrN5.CH4O/c1-3-5-9-14(4-2)23-18-12-17(22-15-10-7-6-8-11-15)24-19-16(20)13-21-25(18)19;1-2/h3-5,9,12-13,15,23H,1,6-8,10-11H2,2H3,(H,22,24);2H,1H3/b9-5-,14-4+;. The Labute approximate surface area is 169 Å². The van der Waals surface area contributed by atoms with Crippen molar-refractivity contribution in [3.8, 4) is 0 Å². The number of anilines is 2. The Morgan fingerprint density at radius 3 is 2.74 bits per heavy atom. The number of nitrogens with one attached hydrogen (secondary N) is 2. The lowest BCUT2D eigenvalue weighted by molar-refractivity contribution is 0.399. The number of aromatic nitrogens is 3. The summed E-state index contributed by atoms with van der Waals surface area (Å²) in [5.74, 6) is 1.75. The largest absolute Gasteiger partial charge is 0.400 e. The van der Waals surface area contributed by atoms with Crippen LogP contribution in [0.1, 0.15) is 39.0 Å². The van der Waals surface area contributed by atoms with Gasteiger partial charge in [0.1, 0.15) is 11.6 Å². The predicted molar refractivity (Wildman–Crippen MR) is 116 cm³/mol. The summed E-state index contributed by atoms with van der Waals surface area (Å²) in [6.45, 7) is 5.72. The van der Waals surface area contributed by atoms with Crippen molar-refractivity contribution in [3.63, 3.8) is 0 Å². The molecule has 0 aliphatic heterocycles. The van der Waals surface area contributed by atoms with E-state index in [-0.39, 0.29) is 0 Å². The van der Waals surface area contributed by atoms with Gasteiger partial charge in [0.2, 0.25) is 0 Å². The van der Waals surface area contributed by atoms with Crippen LogP contribution in [0.5, 0.6) is 0 Å². The highest BCUT2D eigenvalue weighted by atomic mass is 79.9. The molecule has 0 bridgehead atoms. The van der Waals surface area contributed by atoms with Crippen LogP contribution in [0.4, 0.5) is 11.6 Å². The zero-order valence-electron chi connectivity index (χ0n) is 16.0. The average molecular weight is 434 g/mol. The van der Waals surface area contributed by atoms with E-state index < -0.39 is 0 Å². The van der Waals surface area contributed by atoms with Crippen molar-refractivity contribution < 1.29 is 5.11 Å². The zero-order chi connectivity index (χ0) is 19.6. The number of aliphatic hydroxyl groups excluding tert-OH is 1. The summed E-state index contributed by atoms with van der Waals surface area (Å²) in [4.78, 5) is 4.73. The smallest absolute Gasteiger partial charge is 0.173 e. The molecule has 3 rings (SSSR count). The summed E-state index contributed by atoms with van der Waals surface area (Å²) in [6.07, 6.45) is 15.8. The maximum Gasteiger partial charge on any atom is 0.173 e. The first-order valence-electron chi connectivity index (χ1n) is 9.19. The first kappa shape index (κ1) is 21.2. The van der Waals surface area contributed by atoms with Crippen molar-refractivity contribution >= 4 is 33.2 Å². The molecule has 3 N–H and O–H groups in total. The van der Waals surface area contributed by atoms with Crippen molar-refractivity contribution in [2.45, 2.75) is 45.1 Å². The molecule has 0 unspecified atom stereocenters. The van der Waals surface area contributed by atoms with Crippen LogP contribution in [0, 0.1) is 0 Å². The third kappa shape index (κ3) is 5.68. The van der Waals surface area contributed by atoms with Crippen molar-refractivity contribution in [1.82, 2.24) is 14.6 Å². The topological polar surface area (TPSA) is 74.5 Å². The fourth-order valence-electron chi connectivity index (χ4n) is 3.08. The first-order chi connectivity index (χ1) is 13.2. The Morgan fingerprint density at radius 2 is 2.07 bits per heavy atom. The van der Waals surface area contributed by atoms with Crippen molar-refractivity contribution in [3.05, 3.63) is 53.3 Å². The van der Waals surface area contributed by atoms with Crippen molar-refractivity contribution in [2.75, 3.05) is 17.7 Å². The van der Waals surface area contributed by atoms with E-state index in [1.165, 1.54) is 32.1 Å². The van der Waals surface area contributed by atoms with E-state index in [0.29, 0.717) is 6.04 Å². The average Bonchev–Trinajstić information content (AvgIpc) is 3.08. The minimum Gasteiger partial charge on any atom is -0.400 e. The second-order valence-corrected chi connectivity index (χ2v) is 7.05. The molecule has 0 spiro atoms. The van der Waals surface area contributed by atoms with Gasteiger partial charge in [0.15, 0.2) is 5.65 Å². The highest BCUT2D eigenvalue weighted by Gasteiger charge is 2.16. The lowest BCUT2D eigenvalue weighted by Crippen LogP contribution is -2.23. The normalized spacial score (nSPS) is 15.5. The quantitative estimate of drug-likeness (QED) is 0.564. The lowest BCUT2D eigenvalue weighted by Gasteiger charge is -2.23. The van der Waals surface area contributed by atoms with Gasteiger partial charge in [-0.1, -0.05) is 44.1 Å². The van der Waals surface area contributed by atoms with E-state index in [1.54, 1.807) is 16.8 Å². The Morgan fingerprint density at radius 1 is 1.33 bits per heavy atom. The first-order valence-corrected chi connectivity index (χ1v) is 9.98. The minimum absolute atomic E-state index is 0.500. The van der Waals surface area contributed by atoms with Gasteiger partial charge in [0, 0.05) is 24.9 Å². The number of hydrogen-bond acceptors (Lipinski definition) is 5. The third-order valence-corrected chi connectivity index (χ3v) is 4.94. The van der Waals surface area contributed by atoms with Gasteiger partial charge in [-0.25, -0.2) is 4.98 Å². The number of halogens is 1. The molecule has 2 aromatic heterocycles. The highest BCUT2D eigenvalue weighted by Crippen LogP contribution is 2.26. The van der Waals surface area contributed by atoms with Gasteiger partial charge >= 0.3 is 0 Å². The van der Waals surface area contributed by atoms with Crippen LogP contribution in [0.3, 0.4) is 0 Å². The van der Waals surface area contributed by atoms with E-state index >= 15 is 0 Å². The van der Waals surface area contributed by atoms with Crippen molar-refractivity contribution in [1.29, 1.82) is 0 Å². The van der Waals surface area contributed by atoms with E-state index in [0.717, 1.165) is 34.6 Å². The maximum absolute atomic E-state index is 7.00. The van der Waals surface area contributed by atoms with Gasteiger partial charge in [0.25, 0.3) is 0 Å². The number of nitrogens with zero attached hydrogens (tertiary/aromatic N) is 3. The molecule has 2 heterocycles. The zero-order valence-corrected chi connectivity index (χ0v) is 17.5. The predicted octanol–water partition coefficient (Wildman–Crippen LogP) is 4.90. The Hall–Kier alpha value is -2.12. The van der Waals surface area contributed by atoms with Crippen LogP contribution in [0.2, 0.25) is 0 Å².